The number of nitrogens with zero attached hydrogens (tertiary/aromatic N) is 2. The van der Waals surface area contributed by atoms with Crippen molar-refractivity contribution in [1.82, 2.24) is 9.88 Å². The van der Waals surface area contributed by atoms with Gasteiger partial charge in [-0.15, -0.1) is 11.6 Å². The summed E-state index contributed by atoms with van der Waals surface area (Å²) in [5.41, 5.74) is 2.35. The molecule has 1 aromatic carbocycles. The largest absolute Gasteiger partial charge is 0.301 e. The van der Waals surface area contributed by atoms with Crippen LogP contribution in [0.1, 0.15) is 12.5 Å². The molecular formula is C14H17ClN2. The molecule has 2 nitrogen and oxygen atoms in total. The van der Waals surface area contributed by atoms with Gasteiger partial charge in [-0.05, 0) is 31.7 Å². The Hall–Kier alpha value is -1.12. The molecule has 1 heterocycles. The molecule has 0 aliphatic rings. The smallest absolute Gasteiger partial charge is 0.0705 e. The number of para-hydroxylation sites is 1. The Morgan fingerprint density at radius 3 is 2.82 bits per heavy atom. The lowest BCUT2D eigenvalue weighted by Crippen LogP contribution is -2.24. The van der Waals surface area contributed by atoms with Gasteiger partial charge in [0.2, 0.25) is 0 Å². The quantitative estimate of drug-likeness (QED) is 0.772. The van der Waals surface area contributed by atoms with Crippen molar-refractivity contribution in [3.8, 4) is 0 Å². The fourth-order valence-corrected chi connectivity index (χ4v) is 2.31. The number of halogens is 1. The Balaban J connectivity index is 2.24. The van der Waals surface area contributed by atoms with E-state index in [0.717, 1.165) is 18.6 Å². The zero-order valence-electron chi connectivity index (χ0n) is 10.2. The first-order valence-electron chi connectivity index (χ1n) is 5.82. The summed E-state index contributed by atoms with van der Waals surface area (Å²) in [6.45, 7) is 3.81. The second-order valence-corrected chi connectivity index (χ2v) is 5.21. The lowest BCUT2D eigenvalue weighted by molar-refractivity contribution is 0.331. The van der Waals surface area contributed by atoms with Crippen molar-refractivity contribution in [1.29, 1.82) is 0 Å². The number of benzene rings is 1. The van der Waals surface area contributed by atoms with Crippen LogP contribution in [0.5, 0.6) is 0 Å². The van der Waals surface area contributed by atoms with Gasteiger partial charge < -0.3 is 4.90 Å². The molecule has 2 aromatic rings. The van der Waals surface area contributed by atoms with Gasteiger partial charge in [0, 0.05) is 30.0 Å². The summed E-state index contributed by atoms with van der Waals surface area (Å²) in [7, 11) is 2.09. The molecule has 1 atom stereocenters. The molecular weight excluding hydrogens is 232 g/mol. The third-order valence-corrected chi connectivity index (χ3v) is 2.88. The third kappa shape index (κ3) is 3.18. The van der Waals surface area contributed by atoms with E-state index < -0.39 is 0 Å². The summed E-state index contributed by atoms with van der Waals surface area (Å²) in [6.07, 6.45) is 1.87. The second-order valence-electron chi connectivity index (χ2n) is 4.46. The molecule has 17 heavy (non-hydrogen) atoms. The van der Waals surface area contributed by atoms with E-state index in [1.165, 1.54) is 10.9 Å². The van der Waals surface area contributed by atoms with E-state index in [-0.39, 0.29) is 5.38 Å². The maximum atomic E-state index is 6.00. The normalized spacial score (nSPS) is 13.2. The van der Waals surface area contributed by atoms with Gasteiger partial charge in [0.05, 0.1) is 5.52 Å². The van der Waals surface area contributed by atoms with Crippen molar-refractivity contribution in [2.45, 2.75) is 18.8 Å². The number of hydrogen-bond donors (Lipinski definition) is 0. The first-order valence-corrected chi connectivity index (χ1v) is 6.25. The van der Waals surface area contributed by atoms with Gasteiger partial charge >= 0.3 is 0 Å². The first kappa shape index (κ1) is 12.3. The van der Waals surface area contributed by atoms with Crippen molar-refractivity contribution in [2.75, 3.05) is 13.6 Å². The zero-order valence-corrected chi connectivity index (χ0v) is 11.0. The molecule has 0 bridgehead atoms. The highest BCUT2D eigenvalue weighted by Crippen LogP contribution is 2.17. The molecule has 3 heteroatoms. The van der Waals surface area contributed by atoms with Crippen LogP contribution in [0.2, 0.25) is 0 Å². The van der Waals surface area contributed by atoms with Crippen molar-refractivity contribution in [3.63, 3.8) is 0 Å². The van der Waals surface area contributed by atoms with Gasteiger partial charge in [0.15, 0.2) is 0 Å². The van der Waals surface area contributed by atoms with E-state index in [0.29, 0.717) is 0 Å². The molecule has 0 aliphatic heterocycles. The van der Waals surface area contributed by atoms with Crippen LogP contribution in [-0.2, 0) is 6.54 Å². The van der Waals surface area contributed by atoms with Crippen molar-refractivity contribution >= 4 is 22.5 Å². The topological polar surface area (TPSA) is 16.1 Å². The maximum Gasteiger partial charge on any atom is 0.0705 e. The van der Waals surface area contributed by atoms with Crippen molar-refractivity contribution in [2.24, 2.45) is 0 Å². The lowest BCUT2D eigenvalue weighted by atomic mass is 10.1. The molecule has 0 spiro atoms. The van der Waals surface area contributed by atoms with Crippen LogP contribution in [0.25, 0.3) is 10.9 Å². The molecule has 1 aromatic heterocycles. The highest BCUT2D eigenvalue weighted by atomic mass is 35.5. The van der Waals surface area contributed by atoms with Gasteiger partial charge in [-0.1, -0.05) is 18.2 Å². The van der Waals surface area contributed by atoms with Gasteiger partial charge in [-0.25, -0.2) is 0 Å². The summed E-state index contributed by atoms with van der Waals surface area (Å²) in [6, 6.07) is 10.3. The Labute approximate surface area is 107 Å². The summed E-state index contributed by atoms with van der Waals surface area (Å²) < 4.78 is 0. The number of aromatic nitrogens is 1. The van der Waals surface area contributed by atoms with Crippen LogP contribution in [0.4, 0.5) is 0 Å². The summed E-state index contributed by atoms with van der Waals surface area (Å²) in [4.78, 5) is 6.60. The van der Waals surface area contributed by atoms with E-state index in [4.69, 9.17) is 11.6 Å². The predicted octanol–water partition coefficient (Wildman–Crippen LogP) is 3.29. The van der Waals surface area contributed by atoms with Crippen molar-refractivity contribution < 1.29 is 0 Å². The lowest BCUT2D eigenvalue weighted by Gasteiger charge is -2.18. The molecule has 90 valence electrons. The molecule has 0 radical (unpaired) electrons. The molecule has 0 saturated heterocycles. The SMILES string of the molecule is CC(Cl)CN(C)Cc1ccnc2ccccc12. The Morgan fingerprint density at radius 1 is 1.29 bits per heavy atom. The second kappa shape index (κ2) is 5.48. The van der Waals surface area contributed by atoms with Gasteiger partial charge in [0.1, 0.15) is 0 Å². The highest BCUT2D eigenvalue weighted by molar-refractivity contribution is 6.20. The van der Waals surface area contributed by atoms with Crippen LogP contribution in [0, 0.1) is 0 Å². The van der Waals surface area contributed by atoms with Crippen LogP contribution < -0.4 is 0 Å². The number of fused-ring (bicyclic) bond motifs is 1. The minimum absolute atomic E-state index is 0.174. The van der Waals surface area contributed by atoms with Crippen LogP contribution in [0.3, 0.4) is 0 Å². The average Bonchev–Trinajstić information content (AvgIpc) is 2.28. The predicted molar refractivity (Wildman–Crippen MR) is 73.4 cm³/mol. The zero-order chi connectivity index (χ0) is 12.3. The fraction of sp³-hybridized carbons (Fsp3) is 0.357. The van der Waals surface area contributed by atoms with E-state index in [2.05, 4.69) is 35.1 Å². The molecule has 1 unspecified atom stereocenters. The molecule has 2 rings (SSSR count). The summed E-state index contributed by atoms with van der Waals surface area (Å²) >= 11 is 6.00. The number of rotatable bonds is 4. The van der Waals surface area contributed by atoms with E-state index >= 15 is 0 Å². The minimum atomic E-state index is 0.174. The van der Waals surface area contributed by atoms with Crippen LogP contribution >= 0.6 is 11.6 Å². The molecule has 0 fully saturated rings. The van der Waals surface area contributed by atoms with Gasteiger partial charge in [-0.2, -0.15) is 0 Å². The maximum absolute atomic E-state index is 6.00. The Bertz CT molecular complexity index is 491. The summed E-state index contributed by atoms with van der Waals surface area (Å²) in [5, 5.41) is 1.40. The fourth-order valence-electron chi connectivity index (χ4n) is 2.08. The van der Waals surface area contributed by atoms with E-state index in [1.54, 1.807) is 0 Å². The average molecular weight is 249 g/mol. The molecule has 0 saturated carbocycles. The first-order chi connectivity index (χ1) is 8.16. The minimum Gasteiger partial charge on any atom is -0.301 e. The standard InChI is InChI=1S/C14H17ClN2/c1-11(15)9-17(2)10-12-7-8-16-14-6-4-3-5-13(12)14/h3-8,11H,9-10H2,1-2H3. The number of alkyl halides is 1. The van der Waals surface area contributed by atoms with Crippen molar-refractivity contribution in [3.05, 3.63) is 42.1 Å². The molecule has 0 N–H and O–H groups in total. The number of pyridine rings is 1. The summed E-state index contributed by atoms with van der Waals surface area (Å²) in [5.74, 6) is 0. The third-order valence-electron chi connectivity index (χ3n) is 2.74. The Morgan fingerprint density at radius 2 is 2.06 bits per heavy atom. The van der Waals surface area contributed by atoms with Gasteiger partial charge in [-0.3, -0.25) is 4.98 Å². The van der Waals surface area contributed by atoms with Crippen LogP contribution in [0.15, 0.2) is 36.5 Å². The molecule has 0 amide bonds. The van der Waals surface area contributed by atoms with Gasteiger partial charge in [0.25, 0.3) is 0 Å². The van der Waals surface area contributed by atoms with Crippen LogP contribution in [-0.4, -0.2) is 28.9 Å². The number of hydrogen-bond acceptors (Lipinski definition) is 2. The molecule has 0 aliphatic carbocycles. The monoisotopic (exact) mass is 248 g/mol. The highest BCUT2D eigenvalue weighted by Gasteiger charge is 2.06. The van der Waals surface area contributed by atoms with E-state index in [1.807, 2.05) is 25.3 Å². The van der Waals surface area contributed by atoms with E-state index in [9.17, 15) is 0 Å². The Kier molecular flexibility index (Phi) is 3.97.